The van der Waals surface area contributed by atoms with Crippen molar-refractivity contribution in [2.45, 2.75) is 30.8 Å². The molecule has 0 aliphatic heterocycles. The highest BCUT2D eigenvalue weighted by Crippen LogP contribution is 2.27. The van der Waals surface area contributed by atoms with E-state index in [0.717, 1.165) is 0 Å². The molecule has 0 aliphatic rings. The first-order valence-corrected chi connectivity index (χ1v) is 6.43. The molecule has 0 saturated heterocycles. The van der Waals surface area contributed by atoms with Crippen molar-refractivity contribution in [3.63, 3.8) is 0 Å². The van der Waals surface area contributed by atoms with Crippen molar-refractivity contribution < 1.29 is 24.7 Å². The summed E-state index contributed by atoms with van der Waals surface area (Å²) in [7, 11) is 0. The molecule has 0 aromatic heterocycles. The fourth-order valence-electron chi connectivity index (χ4n) is 2.05. The Morgan fingerprint density at radius 1 is 1.05 bits per heavy atom. The van der Waals surface area contributed by atoms with Gasteiger partial charge >= 0.3 is 11.9 Å². The lowest BCUT2D eigenvalue weighted by Crippen LogP contribution is -2.36. The number of hydrogen-bond donors (Lipinski definition) is 4. The van der Waals surface area contributed by atoms with E-state index < -0.39 is 34.9 Å². The van der Waals surface area contributed by atoms with Crippen molar-refractivity contribution in [1.82, 2.24) is 0 Å². The van der Waals surface area contributed by atoms with Crippen molar-refractivity contribution in [2.24, 2.45) is 11.5 Å². The van der Waals surface area contributed by atoms with Crippen LogP contribution in [0.25, 0.3) is 0 Å². The lowest BCUT2D eigenvalue weighted by Gasteiger charge is -2.21. The Labute approximate surface area is 125 Å². The number of carboxylic acids is 2. The molecule has 120 valence electrons. The second-order valence-electron chi connectivity index (χ2n) is 4.91. The summed E-state index contributed by atoms with van der Waals surface area (Å²) in [6.07, 6.45) is -0.0394. The van der Waals surface area contributed by atoms with E-state index in [9.17, 15) is 19.7 Å². The number of rotatable bonds is 8. The molecular weight excluding hydrogens is 294 g/mol. The summed E-state index contributed by atoms with van der Waals surface area (Å²) in [6.45, 7) is 0. The molecule has 9 nitrogen and oxygen atoms in total. The number of aliphatic carboxylic acids is 2. The van der Waals surface area contributed by atoms with E-state index in [-0.39, 0.29) is 18.5 Å². The van der Waals surface area contributed by atoms with E-state index >= 15 is 0 Å². The number of nitro benzene ring substituents is 1. The van der Waals surface area contributed by atoms with Crippen molar-refractivity contribution in [1.29, 1.82) is 0 Å². The molecule has 0 bridgehead atoms. The van der Waals surface area contributed by atoms with E-state index in [1.165, 1.54) is 24.3 Å². The summed E-state index contributed by atoms with van der Waals surface area (Å²) >= 11 is 0. The number of nitro groups is 1. The van der Waals surface area contributed by atoms with E-state index in [4.69, 9.17) is 21.7 Å². The van der Waals surface area contributed by atoms with Crippen molar-refractivity contribution >= 4 is 17.6 Å². The summed E-state index contributed by atoms with van der Waals surface area (Å²) in [6, 6.07) is 3.07. The topological polar surface area (TPSA) is 170 Å². The monoisotopic (exact) mass is 311 g/mol. The minimum atomic E-state index is -1.21. The first-order chi connectivity index (χ1) is 10.2. The minimum Gasteiger partial charge on any atom is -0.480 e. The predicted octanol–water partition coefficient (Wildman–Crippen LogP) is 0.282. The van der Waals surface area contributed by atoms with Crippen LogP contribution in [-0.4, -0.2) is 39.2 Å². The van der Waals surface area contributed by atoms with E-state index in [0.29, 0.717) is 5.56 Å². The van der Waals surface area contributed by atoms with Gasteiger partial charge < -0.3 is 21.7 Å². The van der Waals surface area contributed by atoms with Crippen LogP contribution in [0.4, 0.5) is 5.69 Å². The molecule has 0 spiro atoms. The lowest BCUT2D eigenvalue weighted by atomic mass is 9.87. The molecule has 0 fully saturated rings. The van der Waals surface area contributed by atoms with Crippen LogP contribution in [0.5, 0.6) is 0 Å². The van der Waals surface area contributed by atoms with Gasteiger partial charge in [0, 0.05) is 12.1 Å². The van der Waals surface area contributed by atoms with Gasteiger partial charge in [0.15, 0.2) is 0 Å². The van der Waals surface area contributed by atoms with Gasteiger partial charge in [-0.15, -0.1) is 0 Å². The van der Waals surface area contributed by atoms with Crippen LogP contribution in [-0.2, 0) is 9.59 Å². The van der Waals surface area contributed by atoms with Gasteiger partial charge in [-0.1, -0.05) is 12.1 Å². The van der Waals surface area contributed by atoms with Gasteiger partial charge in [0.25, 0.3) is 5.69 Å². The highest BCUT2D eigenvalue weighted by atomic mass is 16.6. The van der Waals surface area contributed by atoms with E-state index in [2.05, 4.69) is 0 Å². The number of carbonyl (C=O) groups is 2. The zero-order valence-corrected chi connectivity index (χ0v) is 11.6. The van der Waals surface area contributed by atoms with Crippen molar-refractivity contribution in [2.75, 3.05) is 0 Å². The summed E-state index contributed by atoms with van der Waals surface area (Å²) in [5, 5.41) is 28.4. The highest BCUT2D eigenvalue weighted by Gasteiger charge is 2.25. The lowest BCUT2D eigenvalue weighted by molar-refractivity contribution is -0.384. The van der Waals surface area contributed by atoms with Crippen LogP contribution in [0.2, 0.25) is 0 Å². The second kappa shape index (κ2) is 7.48. The molecule has 0 saturated carbocycles. The summed E-state index contributed by atoms with van der Waals surface area (Å²) in [5.74, 6) is -2.95. The van der Waals surface area contributed by atoms with Crippen LogP contribution < -0.4 is 11.5 Å². The number of nitrogens with zero attached hydrogens (tertiary/aromatic N) is 1. The molecule has 0 radical (unpaired) electrons. The van der Waals surface area contributed by atoms with Gasteiger partial charge in [-0.3, -0.25) is 19.7 Å². The van der Waals surface area contributed by atoms with Crippen LogP contribution >= 0.6 is 0 Å². The molecule has 22 heavy (non-hydrogen) atoms. The van der Waals surface area contributed by atoms with Gasteiger partial charge in [0.2, 0.25) is 0 Å². The van der Waals surface area contributed by atoms with E-state index in [1.807, 2.05) is 0 Å². The fraction of sp³-hybridized carbons (Fsp3) is 0.385. The zero-order valence-electron chi connectivity index (χ0n) is 11.6. The SMILES string of the molecule is NC(CC(CC(N)C(=O)O)c1ccc([N+](=O)[O-])cc1)C(=O)O. The maximum absolute atomic E-state index is 10.9. The molecule has 0 heterocycles. The molecule has 6 N–H and O–H groups in total. The molecule has 9 heteroatoms. The molecular formula is C13H17N3O6. The Morgan fingerprint density at radius 3 is 1.77 bits per heavy atom. The third kappa shape index (κ3) is 4.79. The minimum absolute atomic E-state index is 0.0197. The maximum atomic E-state index is 10.9. The molecule has 1 aromatic carbocycles. The second-order valence-corrected chi connectivity index (χ2v) is 4.91. The van der Waals surface area contributed by atoms with E-state index in [1.54, 1.807) is 0 Å². The fourth-order valence-corrected chi connectivity index (χ4v) is 2.05. The molecule has 1 aromatic rings. The number of benzene rings is 1. The number of hydrogen-bond acceptors (Lipinski definition) is 6. The molecule has 1 rings (SSSR count). The van der Waals surface area contributed by atoms with Crippen LogP contribution in [0, 0.1) is 10.1 Å². The van der Waals surface area contributed by atoms with Gasteiger partial charge in [0.1, 0.15) is 12.1 Å². The van der Waals surface area contributed by atoms with Gasteiger partial charge in [0.05, 0.1) is 4.92 Å². The van der Waals surface area contributed by atoms with Gasteiger partial charge in [-0.2, -0.15) is 0 Å². The first-order valence-electron chi connectivity index (χ1n) is 6.43. The van der Waals surface area contributed by atoms with Gasteiger partial charge in [-0.05, 0) is 24.3 Å². The predicted molar refractivity (Wildman–Crippen MR) is 76.3 cm³/mol. The van der Waals surface area contributed by atoms with Crippen LogP contribution in [0.1, 0.15) is 24.3 Å². The Bertz CT molecular complexity index is 537. The average Bonchev–Trinajstić information content (AvgIpc) is 2.46. The Morgan fingerprint density at radius 2 is 1.45 bits per heavy atom. The number of carboxylic acid groups (broad SMARTS) is 2. The zero-order chi connectivity index (χ0) is 16.9. The number of nitrogens with two attached hydrogens (primary N) is 2. The summed E-state index contributed by atoms with van der Waals surface area (Å²) < 4.78 is 0. The van der Waals surface area contributed by atoms with Crippen molar-refractivity contribution in [3.05, 3.63) is 39.9 Å². The quantitative estimate of drug-likeness (QED) is 0.391. The standard InChI is InChI=1S/C13H17N3O6/c14-10(12(17)18)5-8(6-11(15)13(19)20)7-1-3-9(4-2-7)16(21)22/h1-4,8,10-11H,5-6,14-15H2,(H,17,18)(H,19,20). The third-order valence-electron chi connectivity index (χ3n) is 3.29. The summed E-state index contributed by atoms with van der Waals surface area (Å²) in [4.78, 5) is 31.8. The van der Waals surface area contributed by atoms with Crippen molar-refractivity contribution in [3.8, 4) is 0 Å². The molecule has 0 aliphatic carbocycles. The Kier molecular flexibility index (Phi) is 5.96. The van der Waals surface area contributed by atoms with Gasteiger partial charge in [-0.25, -0.2) is 0 Å². The first kappa shape index (κ1) is 17.5. The molecule has 2 unspecified atom stereocenters. The molecule has 2 atom stereocenters. The molecule has 0 amide bonds. The maximum Gasteiger partial charge on any atom is 0.320 e. The Balaban J connectivity index is 2.99. The largest absolute Gasteiger partial charge is 0.480 e. The third-order valence-corrected chi connectivity index (χ3v) is 3.29. The average molecular weight is 311 g/mol. The smallest absolute Gasteiger partial charge is 0.320 e. The Hall–Kier alpha value is -2.52. The van der Waals surface area contributed by atoms with Crippen LogP contribution in [0.3, 0.4) is 0 Å². The normalized spacial score (nSPS) is 14.8. The highest BCUT2D eigenvalue weighted by molar-refractivity contribution is 5.74. The summed E-state index contributed by atoms with van der Waals surface area (Å²) in [5.41, 5.74) is 11.4. The number of non-ortho nitro benzene ring substituents is 1. The van der Waals surface area contributed by atoms with Crippen LogP contribution in [0.15, 0.2) is 24.3 Å².